The number of benzene rings is 1. The maximum atomic E-state index is 12.3. The van der Waals surface area contributed by atoms with Gasteiger partial charge < -0.3 is 15.0 Å². The zero-order chi connectivity index (χ0) is 17.8. The first-order valence-corrected chi connectivity index (χ1v) is 7.96. The van der Waals surface area contributed by atoms with Gasteiger partial charge in [-0.25, -0.2) is 4.98 Å². The number of amides is 1. The Morgan fingerprint density at radius 1 is 1.28 bits per heavy atom. The molecule has 3 rings (SSSR count). The number of ether oxygens (including phenoxy) is 1. The fourth-order valence-corrected chi connectivity index (χ4v) is 2.71. The van der Waals surface area contributed by atoms with Crippen molar-refractivity contribution in [2.45, 2.75) is 0 Å². The van der Waals surface area contributed by atoms with Crippen LogP contribution in [0.5, 0.6) is 0 Å². The van der Waals surface area contributed by atoms with Crippen molar-refractivity contribution in [3.63, 3.8) is 0 Å². The van der Waals surface area contributed by atoms with Gasteiger partial charge >= 0.3 is 0 Å². The van der Waals surface area contributed by atoms with Crippen molar-refractivity contribution in [1.82, 2.24) is 4.98 Å². The Kier molecular flexibility index (Phi) is 5.11. The third-order valence-corrected chi connectivity index (χ3v) is 4.09. The molecule has 9 heteroatoms. The Bertz CT molecular complexity index is 791. The number of hydrogen-bond donors (Lipinski definition) is 1. The van der Waals surface area contributed by atoms with Crippen LogP contribution in [0.1, 0.15) is 10.4 Å². The maximum Gasteiger partial charge on any atom is 0.270 e. The van der Waals surface area contributed by atoms with Crippen LogP contribution in [0.15, 0.2) is 36.5 Å². The summed E-state index contributed by atoms with van der Waals surface area (Å²) in [6.45, 7) is 2.95. The molecule has 1 amide bonds. The highest BCUT2D eigenvalue weighted by molar-refractivity contribution is 6.34. The number of nitrogens with one attached hydrogen (secondary N) is 1. The third-order valence-electron chi connectivity index (χ3n) is 3.77. The van der Waals surface area contributed by atoms with Gasteiger partial charge in [-0.05, 0) is 18.2 Å². The molecule has 0 bridgehead atoms. The molecule has 0 atom stereocenters. The van der Waals surface area contributed by atoms with Crippen LogP contribution in [0.25, 0.3) is 0 Å². The number of anilines is 2. The second kappa shape index (κ2) is 7.45. The van der Waals surface area contributed by atoms with Crippen LogP contribution in [0.4, 0.5) is 17.2 Å². The SMILES string of the molecule is O=C(Nc1ccc(N2CCOCC2)cn1)c1ccc([N+](=O)[O-])cc1Cl. The lowest BCUT2D eigenvalue weighted by Crippen LogP contribution is -2.36. The van der Waals surface area contributed by atoms with Crippen molar-refractivity contribution in [3.05, 3.63) is 57.2 Å². The summed E-state index contributed by atoms with van der Waals surface area (Å²) in [5.41, 5.74) is 0.926. The number of nitrogens with zero attached hydrogens (tertiary/aromatic N) is 3. The first-order valence-electron chi connectivity index (χ1n) is 7.58. The molecule has 1 aliphatic rings. The van der Waals surface area contributed by atoms with E-state index in [9.17, 15) is 14.9 Å². The Balaban J connectivity index is 1.69. The molecule has 0 radical (unpaired) electrons. The van der Waals surface area contributed by atoms with Crippen molar-refractivity contribution in [2.24, 2.45) is 0 Å². The standard InChI is InChI=1S/C16H15ClN4O4/c17-14-9-11(21(23)24)1-3-13(14)16(22)19-15-4-2-12(10-18-15)20-5-7-25-8-6-20/h1-4,9-10H,5-8H2,(H,18,19,22). The molecule has 1 aromatic heterocycles. The maximum absolute atomic E-state index is 12.3. The van der Waals surface area contributed by atoms with E-state index in [-0.39, 0.29) is 16.3 Å². The van der Waals surface area contributed by atoms with Gasteiger partial charge in [-0.2, -0.15) is 0 Å². The molecule has 2 aromatic rings. The highest BCUT2D eigenvalue weighted by atomic mass is 35.5. The molecule has 1 fully saturated rings. The largest absolute Gasteiger partial charge is 0.378 e. The monoisotopic (exact) mass is 362 g/mol. The number of pyridine rings is 1. The van der Waals surface area contributed by atoms with Gasteiger partial charge in [-0.1, -0.05) is 11.6 Å². The normalized spacial score (nSPS) is 14.2. The van der Waals surface area contributed by atoms with Gasteiger partial charge in [-0.3, -0.25) is 14.9 Å². The van der Waals surface area contributed by atoms with E-state index in [0.29, 0.717) is 19.0 Å². The molecule has 25 heavy (non-hydrogen) atoms. The molecule has 1 aromatic carbocycles. The molecule has 2 heterocycles. The second-order valence-electron chi connectivity index (χ2n) is 5.38. The van der Waals surface area contributed by atoms with Crippen LogP contribution in [0.2, 0.25) is 5.02 Å². The van der Waals surface area contributed by atoms with E-state index in [4.69, 9.17) is 16.3 Å². The van der Waals surface area contributed by atoms with Crippen LogP contribution >= 0.6 is 11.6 Å². The minimum absolute atomic E-state index is 0.0108. The topological polar surface area (TPSA) is 97.6 Å². The van der Waals surface area contributed by atoms with Crippen LogP contribution in [0.3, 0.4) is 0 Å². The van der Waals surface area contributed by atoms with E-state index >= 15 is 0 Å². The van der Waals surface area contributed by atoms with Gasteiger partial charge in [0.1, 0.15) is 5.82 Å². The third kappa shape index (κ3) is 4.04. The van der Waals surface area contributed by atoms with Gasteiger partial charge in [0, 0.05) is 25.2 Å². The highest BCUT2D eigenvalue weighted by Gasteiger charge is 2.16. The van der Waals surface area contributed by atoms with Crippen molar-refractivity contribution >= 4 is 34.7 Å². The number of morpholine rings is 1. The van der Waals surface area contributed by atoms with Gasteiger partial charge in [0.15, 0.2) is 0 Å². The summed E-state index contributed by atoms with van der Waals surface area (Å²) in [6, 6.07) is 7.26. The molecular weight excluding hydrogens is 348 g/mol. The summed E-state index contributed by atoms with van der Waals surface area (Å²) in [4.78, 5) is 28.8. The van der Waals surface area contributed by atoms with Crippen LogP contribution in [0, 0.1) is 10.1 Å². The number of aromatic nitrogens is 1. The number of nitro benzene ring substituents is 1. The number of hydrogen-bond acceptors (Lipinski definition) is 6. The summed E-state index contributed by atoms with van der Waals surface area (Å²) in [5.74, 6) is -0.108. The predicted molar refractivity (Wildman–Crippen MR) is 93.3 cm³/mol. The van der Waals surface area contributed by atoms with Crippen LogP contribution in [-0.4, -0.2) is 42.1 Å². The fraction of sp³-hybridized carbons (Fsp3) is 0.250. The zero-order valence-electron chi connectivity index (χ0n) is 13.1. The molecule has 1 N–H and O–H groups in total. The number of non-ortho nitro benzene ring substituents is 1. The average Bonchev–Trinajstić information content (AvgIpc) is 2.62. The molecule has 0 saturated carbocycles. The predicted octanol–water partition coefficient (Wildman–Crippen LogP) is 2.73. The van der Waals surface area contributed by atoms with E-state index in [1.807, 2.05) is 6.07 Å². The van der Waals surface area contributed by atoms with Crippen LogP contribution < -0.4 is 10.2 Å². The van der Waals surface area contributed by atoms with Crippen molar-refractivity contribution in [2.75, 3.05) is 36.5 Å². The molecule has 8 nitrogen and oxygen atoms in total. The Morgan fingerprint density at radius 3 is 2.64 bits per heavy atom. The number of carbonyl (C=O) groups excluding carboxylic acids is 1. The second-order valence-corrected chi connectivity index (χ2v) is 5.78. The zero-order valence-corrected chi connectivity index (χ0v) is 13.9. The molecular formula is C16H15ClN4O4. The molecule has 1 aliphatic heterocycles. The summed E-state index contributed by atoms with van der Waals surface area (Å²) >= 11 is 5.96. The lowest BCUT2D eigenvalue weighted by Gasteiger charge is -2.28. The number of halogens is 1. The quantitative estimate of drug-likeness (QED) is 0.663. The van der Waals surface area contributed by atoms with Gasteiger partial charge in [0.2, 0.25) is 0 Å². The van der Waals surface area contributed by atoms with Crippen molar-refractivity contribution in [1.29, 1.82) is 0 Å². The molecule has 0 spiro atoms. The molecule has 0 aliphatic carbocycles. The minimum atomic E-state index is -0.570. The van der Waals surface area contributed by atoms with Gasteiger partial charge in [0.25, 0.3) is 11.6 Å². The van der Waals surface area contributed by atoms with Crippen molar-refractivity contribution < 1.29 is 14.5 Å². The minimum Gasteiger partial charge on any atom is -0.378 e. The highest BCUT2D eigenvalue weighted by Crippen LogP contribution is 2.23. The fourth-order valence-electron chi connectivity index (χ4n) is 2.45. The van der Waals surface area contributed by atoms with Crippen LogP contribution in [-0.2, 0) is 4.74 Å². The van der Waals surface area contributed by atoms with E-state index in [0.717, 1.165) is 24.8 Å². The summed E-state index contributed by atoms with van der Waals surface area (Å²) in [6.07, 6.45) is 1.68. The van der Waals surface area contributed by atoms with Crippen molar-refractivity contribution in [3.8, 4) is 0 Å². The van der Waals surface area contributed by atoms with Gasteiger partial charge in [-0.15, -0.1) is 0 Å². The van der Waals surface area contributed by atoms with E-state index in [2.05, 4.69) is 15.2 Å². The van der Waals surface area contributed by atoms with Gasteiger partial charge in [0.05, 0.1) is 40.6 Å². The Morgan fingerprint density at radius 2 is 2.04 bits per heavy atom. The first kappa shape index (κ1) is 17.1. The summed E-state index contributed by atoms with van der Waals surface area (Å²) in [5, 5.41) is 13.4. The number of rotatable bonds is 4. The average molecular weight is 363 g/mol. The lowest BCUT2D eigenvalue weighted by atomic mass is 10.2. The Labute approximate surface area is 148 Å². The van der Waals surface area contributed by atoms with E-state index in [1.165, 1.54) is 12.1 Å². The summed E-state index contributed by atoms with van der Waals surface area (Å²) < 4.78 is 5.31. The smallest absolute Gasteiger partial charge is 0.270 e. The Hall–Kier alpha value is -2.71. The molecule has 130 valence electrons. The molecule has 0 unspecified atom stereocenters. The first-order chi connectivity index (χ1) is 12.0. The van der Waals surface area contributed by atoms with E-state index in [1.54, 1.807) is 12.3 Å². The number of carbonyl (C=O) groups is 1. The number of nitro groups is 1. The van der Waals surface area contributed by atoms with E-state index < -0.39 is 10.8 Å². The lowest BCUT2D eigenvalue weighted by molar-refractivity contribution is -0.384. The summed E-state index contributed by atoms with van der Waals surface area (Å²) in [7, 11) is 0. The molecule has 1 saturated heterocycles.